The summed E-state index contributed by atoms with van der Waals surface area (Å²) in [5.74, 6) is -2.83. The number of hydrogen-bond donors (Lipinski definition) is 3. The van der Waals surface area contributed by atoms with E-state index in [1.807, 2.05) is 44.2 Å². The van der Waals surface area contributed by atoms with E-state index in [4.69, 9.17) is 0 Å². The lowest BCUT2D eigenvalue weighted by Gasteiger charge is -2.31. The van der Waals surface area contributed by atoms with Crippen LogP contribution in [0.25, 0.3) is 10.8 Å². The van der Waals surface area contributed by atoms with Crippen molar-refractivity contribution in [2.24, 2.45) is 13.0 Å². The van der Waals surface area contributed by atoms with Crippen LogP contribution in [0.15, 0.2) is 59.4 Å². The normalized spacial score (nSPS) is 23.1. The molecule has 5 rings (SSSR count). The molecule has 13 nitrogen and oxygen atoms in total. The van der Waals surface area contributed by atoms with E-state index in [9.17, 15) is 28.8 Å². The standard InChI is InChI=1S/C34H41N7O6/c1-20(2)28-31(44)36-23(17-22-11-6-5-7-12-22)18-40(34(47)29-24-13-8-9-14-25(24)33(46)39(4)38-29)19-27(42)35-21(3)32(45)41-16-10-15-26(41)30(43)37-28/h5-9,11-14,20-21,23,26,28H,10,15-19H2,1-4H3,(H,35,42)(H,36,44)(H,37,43)/t21-,23-,26+,28-/m0/s1. The molecule has 4 atom stereocenters. The van der Waals surface area contributed by atoms with Crippen LogP contribution in [0.3, 0.4) is 0 Å². The van der Waals surface area contributed by atoms with Crippen molar-refractivity contribution in [3.05, 3.63) is 76.2 Å². The van der Waals surface area contributed by atoms with Gasteiger partial charge < -0.3 is 25.8 Å². The molecule has 3 aromatic rings. The summed E-state index contributed by atoms with van der Waals surface area (Å²) in [7, 11) is 1.45. The first kappa shape index (κ1) is 33.3. The van der Waals surface area contributed by atoms with Crippen LogP contribution >= 0.6 is 0 Å². The average molecular weight is 644 g/mol. The molecule has 5 amide bonds. The minimum Gasteiger partial charge on any atom is -0.349 e. The lowest BCUT2D eigenvalue weighted by Crippen LogP contribution is -2.58. The van der Waals surface area contributed by atoms with Gasteiger partial charge in [0.2, 0.25) is 23.6 Å². The van der Waals surface area contributed by atoms with E-state index >= 15 is 0 Å². The van der Waals surface area contributed by atoms with Gasteiger partial charge in [-0.25, -0.2) is 4.68 Å². The second-order valence-corrected chi connectivity index (χ2v) is 12.6. The van der Waals surface area contributed by atoms with Crippen molar-refractivity contribution in [2.75, 3.05) is 19.6 Å². The zero-order chi connectivity index (χ0) is 33.8. The fourth-order valence-electron chi connectivity index (χ4n) is 6.30. The molecule has 248 valence electrons. The highest BCUT2D eigenvalue weighted by atomic mass is 16.2. The van der Waals surface area contributed by atoms with Gasteiger partial charge in [-0.05, 0) is 43.7 Å². The molecule has 47 heavy (non-hydrogen) atoms. The Kier molecular flexibility index (Phi) is 10.0. The molecule has 0 unspecified atom stereocenters. The molecule has 3 N–H and O–H groups in total. The van der Waals surface area contributed by atoms with Crippen molar-refractivity contribution in [3.63, 3.8) is 0 Å². The van der Waals surface area contributed by atoms with Crippen molar-refractivity contribution in [1.82, 2.24) is 35.5 Å². The lowest BCUT2D eigenvalue weighted by atomic mass is 10.00. The fourth-order valence-corrected chi connectivity index (χ4v) is 6.30. The summed E-state index contributed by atoms with van der Waals surface area (Å²) >= 11 is 0. The number of hydrogen-bond acceptors (Lipinski definition) is 7. The SMILES string of the molecule is CC(C)[C@@H]1NC(=O)[C@H]2CCCN2C(=O)[C@H](C)NC(=O)CN(C(=O)c2nn(C)c(=O)c3ccccc23)C[C@H](Cc2ccccc2)NC1=O. The summed E-state index contributed by atoms with van der Waals surface area (Å²) in [6, 6.07) is 12.6. The van der Waals surface area contributed by atoms with Gasteiger partial charge in [0.15, 0.2) is 5.69 Å². The molecule has 0 radical (unpaired) electrons. The molecule has 0 saturated carbocycles. The van der Waals surface area contributed by atoms with Gasteiger partial charge in [-0.3, -0.25) is 28.8 Å². The average Bonchev–Trinajstić information content (AvgIpc) is 3.54. The molecule has 2 fully saturated rings. The molecule has 2 aliphatic rings. The highest BCUT2D eigenvalue weighted by Crippen LogP contribution is 2.20. The van der Waals surface area contributed by atoms with E-state index < -0.39 is 60.2 Å². The van der Waals surface area contributed by atoms with Crippen LogP contribution in [0.5, 0.6) is 0 Å². The monoisotopic (exact) mass is 643 g/mol. The smallest absolute Gasteiger partial charge is 0.275 e. The highest BCUT2D eigenvalue weighted by molar-refractivity contribution is 6.06. The number of nitrogens with zero attached hydrogens (tertiary/aromatic N) is 4. The predicted molar refractivity (Wildman–Crippen MR) is 174 cm³/mol. The van der Waals surface area contributed by atoms with Crippen molar-refractivity contribution < 1.29 is 24.0 Å². The lowest BCUT2D eigenvalue weighted by molar-refractivity contribution is -0.142. The van der Waals surface area contributed by atoms with Gasteiger partial charge in [0.05, 0.1) is 18.0 Å². The highest BCUT2D eigenvalue weighted by Gasteiger charge is 2.39. The first-order valence-electron chi connectivity index (χ1n) is 15.9. The summed E-state index contributed by atoms with van der Waals surface area (Å²) in [4.78, 5) is 84.2. The minimum atomic E-state index is -0.977. The first-order chi connectivity index (χ1) is 22.4. The van der Waals surface area contributed by atoms with Gasteiger partial charge in [0, 0.05) is 25.5 Å². The molecular formula is C34H41N7O6. The maximum atomic E-state index is 14.3. The molecule has 3 heterocycles. The second-order valence-electron chi connectivity index (χ2n) is 12.6. The summed E-state index contributed by atoms with van der Waals surface area (Å²) in [6.45, 7) is 4.95. The molecule has 0 spiro atoms. The zero-order valence-electron chi connectivity index (χ0n) is 27.1. The number of benzene rings is 2. The quantitative estimate of drug-likeness (QED) is 0.378. The molecular weight excluding hydrogens is 602 g/mol. The molecule has 2 aliphatic heterocycles. The van der Waals surface area contributed by atoms with E-state index in [0.717, 1.165) is 10.2 Å². The third-order valence-corrected chi connectivity index (χ3v) is 8.73. The Morgan fingerprint density at radius 1 is 0.915 bits per heavy atom. The number of rotatable bonds is 4. The molecule has 13 heteroatoms. The molecule has 1 aromatic heterocycles. The summed E-state index contributed by atoms with van der Waals surface area (Å²) in [5.41, 5.74) is 0.467. The van der Waals surface area contributed by atoms with Gasteiger partial charge in [0.1, 0.15) is 18.1 Å². The second kappa shape index (κ2) is 14.1. The Morgan fingerprint density at radius 3 is 2.30 bits per heavy atom. The number of carbonyl (C=O) groups is 5. The van der Waals surface area contributed by atoms with Crippen molar-refractivity contribution in [3.8, 4) is 0 Å². The maximum absolute atomic E-state index is 14.3. The maximum Gasteiger partial charge on any atom is 0.275 e. The summed E-state index contributed by atoms with van der Waals surface area (Å²) in [6.07, 6.45) is 1.35. The zero-order valence-corrected chi connectivity index (χ0v) is 27.1. The van der Waals surface area contributed by atoms with Gasteiger partial charge in [-0.15, -0.1) is 0 Å². The van der Waals surface area contributed by atoms with E-state index in [2.05, 4.69) is 21.0 Å². The van der Waals surface area contributed by atoms with Crippen LogP contribution in [-0.4, -0.2) is 92.9 Å². The van der Waals surface area contributed by atoms with Crippen molar-refractivity contribution in [2.45, 2.75) is 64.2 Å². The third-order valence-electron chi connectivity index (χ3n) is 8.73. The molecule has 0 aliphatic carbocycles. The Morgan fingerprint density at radius 2 is 1.60 bits per heavy atom. The van der Waals surface area contributed by atoms with Crippen LogP contribution in [0.4, 0.5) is 0 Å². The topological polar surface area (TPSA) is 163 Å². The van der Waals surface area contributed by atoms with E-state index in [-0.39, 0.29) is 23.7 Å². The van der Waals surface area contributed by atoms with Gasteiger partial charge in [-0.2, -0.15) is 5.10 Å². The van der Waals surface area contributed by atoms with Crippen molar-refractivity contribution >= 4 is 40.3 Å². The fraction of sp³-hybridized carbons (Fsp3) is 0.441. The molecule has 2 saturated heterocycles. The van der Waals surface area contributed by atoms with Crippen LogP contribution in [0.2, 0.25) is 0 Å². The number of carbonyl (C=O) groups excluding carboxylic acids is 5. The first-order valence-corrected chi connectivity index (χ1v) is 15.9. The van der Waals surface area contributed by atoms with Crippen LogP contribution in [0.1, 0.15) is 49.7 Å². The van der Waals surface area contributed by atoms with Gasteiger partial charge >= 0.3 is 0 Å². The van der Waals surface area contributed by atoms with Gasteiger partial charge in [0.25, 0.3) is 11.5 Å². The van der Waals surface area contributed by atoms with Crippen LogP contribution < -0.4 is 21.5 Å². The Bertz CT molecular complexity index is 1740. The predicted octanol–water partition coefficient (Wildman–Crippen LogP) is 0.753. The Balaban J connectivity index is 1.58. The van der Waals surface area contributed by atoms with E-state index in [1.165, 1.54) is 16.8 Å². The molecule has 0 bridgehead atoms. The molecule has 2 aromatic carbocycles. The van der Waals surface area contributed by atoms with Crippen LogP contribution in [-0.2, 0) is 32.6 Å². The summed E-state index contributed by atoms with van der Waals surface area (Å²) in [5, 5.41) is 13.5. The van der Waals surface area contributed by atoms with Crippen molar-refractivity contribution in [1.29, 1.82) is 0 Å². The number of aromatic nitrogens is 2. The minimum absolute atomic E-state index is 0.0328. The largest absolute Gasteiger partial charge is 0.349 e. The number of nitrogens with one attached hydrogen (secondary N) is 3. The number of fused-ring (bicyclic) bond motifs is 2. The van der Waals surface area contributed by atoms with E-state index in [0.29, 0.717) is 36.6 Å². The third kappa shape index (κ3) is 7.34. The van der Waals surface area contributed by atoms with E-state index in [1.54, 1.807) is 31.2 Å². The Hall–Kier alpha value is -5.07. The summed E-state index contributed by atoms with van der Waals surface area (Å²) < 4.78 is 1.08. The number of aryl methyl sites for hydroxylation is 1. The van der Waals surface area contributed by atoms with Crippen LogP contribution in [0, 0.1) is 5.92 Å². The number of amides is 5. The van der Waals surface area contributed by atoms with Gasteiger partial charge in [-0.1, -0.05) is 62.4 Å². The Labute approximate surface area is 272 Å².